The topological polar surface area (TPSA) is 74.8 Å². The van der Waals surface area contributed by atoms with Crippen molar-refractivity contribution in [1.29, 1.82) is 0 Å². The molecule has 26 heavy (non-hydrogen) atoms. The van der Waals surface area contributed by atoms with Crippen LogP contribution in [0.3, 0.4) is 0 Å². The zero-order valence-electron chi connectivity index (χ0n) is 14.8. The Morgan fingerprint density at radius 2 is 2.00 bits per heavy atom. The van der Waals surface area contributed by atoms with Gasteiger partial charge in [-0.05, 0) is 32.0 Å². The molecule has 0 heterocycles. The van der Waals surface area contributed by atoms with Crippen molar-refractivity contribution >= 4 is 47.4 Å². The molecule has 10 heteroatoms. The molecular formula is C16H24ClF2IN4O2. The van der Waals surface area contributed by atoms with Crippen molar-refractivity contribution in [3.05, 3.63) is 28.8 Å². The molecule has 0 bridgehead atoms. The summed E-state index contributed by atoms with van der Waals surface area (Å²) in [6, 6.07) is 4.48. The molecule has 3 N–H and O–H groups in total. The van der Waals surface area contributed by atoms with Gasteiger partial charge in [-0.25, -0.2) is 0 Å². The van der Waals surface area contributed by atoms with Gasteiger partial charge in [0.15, 0.2) is 5.96 Å². The van der Waals surface area contributed by atoms with Crippen LogP contribution in [0.25, 0.3) is 0 Å². The molecule has 0 radical (unpaired) electrons. The molecule has 0 aliphatic heterocycles. The van der Waals surface area contributed by atoms with E-state index in [1.807, 2.05) is 13.8 Å². The highest BCUT2D eigenvalue weighted by molar-refractivity contribution is 14.0. The molecule has 1 aromatic rings. The van der Waals surface area contributed by atoms with Crippen molar-refractivity contribution in [3.63, 3.8) is 0 Å². The third kappa shape index (κ3) is 9.95. The Morgan fingerprint density at radius 1 is 1.31 bits per heavy atom. The van der Waals surface area contributed by atoms with Gasteiger partial charge >= 0.3 is 6.61 Å². The molecule has 0 unspecified atom stereocenters. The highest BCUT2D eigenvalue weighted by Gasteiger charge is 2.11. The molecule has 0 saturated carbocycles. The van der Waals surface area contributed by atoms with Gasteiger partial charge in [0, 0.05) is 43.2 Å². The minimum Gasteiger partial charge on any atom is -0.434 e. The highest BCUT2D eigenvalue weighted by Crippen LogP contribution is 2.24. The fourth-order valence-electron chi connectivity index (χ4n) is 1.99. The fourth-order valence-corrected chi connectivity index (χ4v) is 2.18. The third-order valence-corrected chi connectivity index (χ3v) is 3.24. The number of amides is 1. The SMILES string of the molecule is CN=C(NCCC(=O)NC(C)C)NCc1cc(Cl)ccc1OC(F)F.I. The van der Waals surface area contributed by atoms with Crippen LogP contribution in [-0.4, -0.2) is 38.1 Å². The summed E-state index contributed by atoms with van der Waals surface area (Å²) in [5.41, 5.74) is 0.466. The van der Waals surface area contributed by atoms with Crippen molar-refractivity contribution in [2.75, 3.05) is 13.6 Å². The lowest BCUT2D eigenvalue weighted by atomic mass is 10.2. The Labute approximate surface area is 174 Å². The maximum Gasteiger partial charge on any atom is 0.387 e. The van der Waals surface area contributed by atoms with Crippen molar-refractivity contribution in [1.82, 2.24) is 16.0 Å². The van der Waals surface area contributed by atoms with E-state index in [2.05, 4.69) is 25.7 Å². The smallest absolute Gasteiger partial charge is 0.387 e. The molecule has 0 spiro atoms. The first-order valence-corrected chi connectivity index (χ1v) is 8.16. The number of ether oxygens (including phenoxy) is 1. The number of aliphatic imine (C=N–C) groups is 1. The maximum atomic E-state index is 12.4. The van der Waals surface area contributed by atoms with Gasteiger partial charge in [-0.3, -0.25) is 9.79 Å². The Morgan fingerprint density at radius 3 is 2.58 bits per heavy atom. The van der Waals surface area contributed by atoms with Gasteiger partial charge in [0.25, 0.3) is 0 Å². The number of guanidine groups is 1. The van der Waals surface area contributed by atoms with Crippen LogP contribution in [-0.2, 0) is 11.3 Å². The summed E-state index contributed by atoms with van der Waals surface area (Å²) in [6.07, 6.45) is 0.287. The first-order valence-electron chi connectivity index (χ1n) is 7.79. The van der Waals surface area contributed by atoms with Gasteiger partial charge in [0.05, 0.1) is 0 Å². The standard InChI is InChI=1S/C16H23ClF2N4O2.HI/c1-10(2)23-14(24)6-7-21-16(20-3)22-9-11-8-12(17)4-5-13(11)25-15(18)19;/h4-5,8,10,15H,6-7,9H2,1-3H3,(H,23,24)(H2,20,21,22);1H. The monoisotopic (exact) mass is 504 g/mol. The lowest BCUT2D eigenvalue weighted by Gasteiger charge is -2.15. The summed E-state index contributed by atoms with van der Waals surface area (Å²) in [7, 11) is 1.57. The summed E-state index contributed by atoms with van der Waals surface area (Å²) in [4.78, 5) is 15.6. The number of nitrogens with zero attached hydrogens (tertiary/aromatic N) is 1. The second-order valence-corrected chi connectivity index (χ2v) is 5.89. The van der Waals surface area contributed by atoms with Crippen LogP contribution in [0.1, 0.15) is 25.8 Å². The van der Waals surface area contributed by atoms with Crippen molar-refractivity contribution in [3.8, 4) is 5.75 Å². The van der Waals surface area contributed by atoms with Crippen LogP contribution in [0, 0.1) is 0 Å². The molecule has 0 saturated heterocycles. The molecule has 0 aliphatic carbocycles. The number of benzene rings is 1. The van der Waals surface area contributed by atoms with E-state index in [0.29, 0.717) is 23.1 Å². The Hall–Kier alpha value is -1.36. The first kappa shape index (κ1) is 24.6. The minimum atomic E-state index is -2.92. The zero-order valence-corrected chi connectivity index (χ0v) is 17.9. The molecule has 6 nitrogen and oxygen atoms in total. The molecule has 1 rings (SSSR count). The fraction of sp³-hybridized carbons (Fsp3) is 0.500. The molecule has 0 atom stereocenters. The summed E-state index contributed by atoms with van der Waals surface area (Å²) < 4.78 is 29.4. The Balaban J connectivity index is 0.00000625. The van der Waals surface area contributed by atoms with E-state index in [-0.39, 0.29) is 54.6 Å². The Bertz CT molecular complexity index is 604. The van der Waals surface area contributed by atoms with E-state index in [1.165, 1.54) is 18.2 Å². The average molecular weight is 505 g/mol. The second-order valence-electron chi connectivity index (χ2n) is 5.46. The van der Waals surface area contributed by atoms with Gasteiger partial charge in [-0.15, -0.1) is 24.0 Å². The number of hydrogen-bond acceptors (Lipinski definition) is 3. The first-order chi connectivity index (χ1) is 11.8. The van der Waals surface area contributed by atoms with Crippen LogP contribution < -0.4 is 20.7 Å². The zero-order chi connectivity index (χ0) is 18.8. The van der Waals surface area contributed by atoms with Gasteiger partial charge in [0.2, 0.25) is 5.91 Å². The summed E-state index contributed by atoms with van der Waals surface area (Å²) in [6.45, 7) is 1.41. The normalized spacial score (nSPS) is 11.2. The van der Waals surface area contributed by atoms with E-state index in [4.69, 9.17) is 11.6 Å². The number of hydrogen-bond donors (Lipinski definition) is 3. The van der Waals surface area contributed by atoms with Gasteiger partial charge in [-0.1, -0.05) is 11.6 Å². The van der Waals surface area contributed by atoms with E-state index in [0.717, 1.165) is 0 Å². The number of carbonyl (C=O) groups excluding carboxylic acids is 1. The Kier molecular flexibility index (Phi) is 12.2. The van der Waals surface area contributed by atoms with Gasteiger partial charge in [0.1, 0.15) is 5.75 Å². The predicted octanol–water partition coefficient (Wildman–Crippen LogP) is 3.14. The quantitative estimate of drug-likeness (QED) is 0.289. The van der Waals surface area contributed by atoms with Crippen LogP contribution in [0.15, 0.2) is 23.2 Å². The molecule has 1 aromatic carbocycles. The van der Waals surface area contributed by atoms with Crippen molar-refractivity contribution in [2.24, 2.45) is 4.99 Å². The minimum absolute atomic E-state index is 0. The summed E-state index contributed by atoms with van der Waals surface area (Å²) >= 11 is 5.90. The molecule has 0 aliphatic rings. The molecule has 148 valence electrons. The van der Waals surface area contributed by atoms with Crippen molar-refractivity contribution < 1.29 is 18.3 Å². The van der Waals surface area contributed by atoms with Crippen LogP contribution >= 0.6 is 35.6 Å². The van der Waals surface area contributed by atoms with Crippen LogP contribution in [0.4, 0.5) is 8.78 Å². The lowest BCUT2D eigenvalue weighted by Crippen LogP contribution is -2.39. The van der Waals surface area contributed by atoms with Gasteiger partial charge in [-0.2, -0.15) is 8.78 Å². The van der Waals surface area contributed by atoms with E-state index in [1.54, 1.807) is 7.05 Å². The van der Waals surface area contributed by atoms with E-state index >= 15 is 0 Å². The van der Waals surface area contributed by atoms with Gasteiger partial charge < -0.3 is 20.7 Å². The van der Waals surface area contributed by atoms with Crippen molar-refractivity contribution in [2.45, 2.75) is 39.5 Å². The highest BCUT2D eigenvalue weighted by atomic mass is 127. The summed E-state index contributed by atoms with van der Waals surface area (Å²) in [5, 5.41) is 9.13. The molecule has 1 amide bonds. The molecular weight excluding hydrogens is 481 g/mol. The second kappa shape index (κ2) is 12.9. The third-order valence-electron chi connectivity index (χ3n) is 3.00. The molecule has 0 aromatic heterocycles. The number of rotatable bonds is 8. The van der Waals surface area contributed by atoms with E-state index in [9.17, 15) is 13.6 Å². The number of alkyl halides is 2. The largest absolute Gasteiger partial charge is 0.434 e. The number of nitrogens with one attached hydrogen (secondary N) is 3. The van der Waals surface area contributed by atoms with E-state index < -0.39 is 6.61 Å². The molecule has 0 fully saturated rings. The number of carbonyl (C=O) groups is 1. The van der Waals surface area contributed by atoms with Crippen LogP contribution in [0.2, 0.25) is 5.02 Å². The summed E-state index contributed by atoms with van der Waals surface area (Å²) in [5.74, 6) is 0.402. The average Bonchev–Trinajstić information content (AvgIpc) is 2.51. The lowest BCUT2D eigenvalue weighted by molar-refractivity contribution is -0.121. The maximum absolute atomic E-state index is 12.4. The van der Waals surface area contributed by atoms with Crippen LogP contribution in [0.5, 0.6) is 5.75 Å². The predicted molar refractivity (Wildman–Crippen MR) is 110 cm³/mol. The number of halogens is 4.